The molecule has 2 aliphatic rings. The number of benzene rings is 3. The highest BCUT2D eigenvalue weighted by Crippen LogP contribution is 2.41. The first-order chi connectivity index (χ1) is 18.6. The van der Waals surface area contributed by atoms with Crippen LogP contribution in [0.2, 0.25) is 0 Å². The topological polar surface area (TPSA) is 124 Å². The highest BCUT2D eigenvalue weighted by molar-refractivity contribution is 7.97. The first kappa shape index (κ1) is 26.2. The zero-order valence-corrected chi connectivity index (χ0v) is 22.4. The molecule has 0 amide bonds. The summed E-state index contributed by atoms with van der Waals surface area (Å²) in [7, 11) is -5.24. The molecule has 0 spiro atoms. The Morgan fingerprint density at radius 1 is 0.795 bits per heavy atom. The molecule has 0 radical (unpaired) electrons. The van der Waals surface area contributed by atoms with Crippen molar-refractivity contribution in [3.63, 3.8) is 0 Å². The quantitative estimate of drug-likeness (QED) is 0.332. The first-order valence-corrected chi connectivity index (χ1v) is 14.6. The second-order valence-corrected chi connectivity index (χ2v) is 12.4. The maximum Gasteiger partial charge on any atom is 0.211 e. The van der Waals surface area contributed by atoms with E-state index in [1.54, 1.807) is 30.3 Å². The molecule has 198 valence electrons. The number of fused-ring (bicyclic) bond motifs is 2. The van der Waals surface area contributed by atoms with Gasteiger partial charge in [0.1, 0.15) is 27.1 Å². The van der Waals surface area contributed by atoms with Crippen LogP contribution in [-0.2, 0) is 19.7 Å². The normalized spacial score (nSPS) is 18.5. The molecule has 39 heavy (non-hydrogen) atoms. The Hall–Kier alpha value is -4.41. The fourth-order valence-corrected chi connectivity index (χ4v) is 7.47. The number of Topliss-reactive ketones (excluding diaryl/α,β-unsaturated/α-hetero) is 1. The van der Waals surface area contributed by atoms with Gasteiger partial charge < -0.3 is 14.6 Å². The van der Waals surface area contributed by atoms with E-state index < -0.39 is 36.1 Å². The van der Waals surface area contributed by atoms with Crippen molar-refractivity contribution in [2.24, 2.45) is 0 Å². The van der Waals surface area contributed by atoms with Crippen molar-refractivity contribution in [3.8, 4) is 11.5 Å². The summed E-state index contributed by atoms with van der Waals surface area (Å²) in [6.45, 7) is 0. The zero-order chi connectivity index (χ0) is 27.9. The van der Waals surface area contributed by atoms with Gasteiger partial charge in [-0.25, -0.2) is 16.8 Å². The minimum atomic E-state index is -4.07. The summed E-state index contributed by atoms with van der Waals surface area (Å²) < 4.78 is 62.8. The third-order valence-corrected chi connectivity index (χ3v) is 10.1. The van der Waals surface area contributed by atoms with E-state index in [-0.39, 0.29) is 25.8 Å². The molecule has 0 bridgehead atoms. The largest absolute Gasteiger partial charge is 0.506 e. The predicted octanol–water partition coefficient (Wildman–Crippen LogP) is 4.91. The monoisotopic (exact) mass is 562 g/mol. The number of allylic oxidation sites excluding steroid dienone is 6. The van der Waals surface area contributed by atoms with Gasteiger partial charge in [0.25, 0.3) is 0 Å². The van der Waals surface area contributed by atoms with Gasteiger partial charge in [0, 0.05) is 11.1 Å². The Bertz CT molecular complexity index is 1860. The number of aliphatic hydroxyl groups is 1. The lowest BCUT2D eigenvalue weighted by atomic mass is 10.0. The van der Waals surface area contributed by atoms with Crippen molar-refractivity contribution in [2.45, 2.75) is 9.79 Å². The van der Waals surface area contributed by atoms with Crippen molar-refractivity contribution >= 4 is 36.8 Å². The lowest BCUT2D eigenvalue weighted by Gasteiger charge is -2.04. The van der Waals surface area contributed by atoms with Crippen molar-refractivity contribution in [1.29, 1.82) is 0 Å². The van der Waals surface area contributed by atoms with Crippen LogP contribution in [0.15, 0.2) is 111 Å². The van der Waals surface area contributed by atoms with Crippen LogP contribution in [0.3, 0.4) is 0 Å². The fourth-order valence-electron chi connectivity index (χ4n) is 4.40. The minimum Gasteiger partial charge on any atom is -0.506 e. The average Bonchev–Trinajstić information content (AvgIpc) is 3.25. The number of carbonyl (C=O) groups excluding carboxylic acids is 1. The molecule has 3 aromatic rings. The number of hydrogen-bond acceptors (Lipinski definition) is 8. The number of hydrogen-bond donors (Lipinski definition) is 1. The number of ether oxygens (including phenoxy) is 2. The molecule has 0 unspecified atom stereocenters. The Morgan fingerprint density at radius 3 is 2.00 bits per heavy atom. The van der Waals surface area contributed by atoms with Gasteiger partial charge in [0.2, 0.25) is 25.5 Å². The summed E-state index contributed by atoms with van der Waals surface area (Å²) in [6, 6.07) is 17.3. The Morgan fingerprint density at radius 2 is 1.38 bits per heavy atom. The van der Waals surface area contributed by atoms with E-state index in [0.29, 0.717) is 22.6 Å². The molecule has 0 atom stereocenters. The van der Waals surface area contributed by atoms with Crippen molar-refractivity contribution in [3.05, 3.63) is 118 Å². The molecule has 1 N–H and O–H groups in total. The van der Waals surface area contributed by atoms with Crippen molar-refractivity contribution < 1.29 is 36.2 Å². The SMILES string of the molecule is COc1ccc2c(c1)C(=O)C(=CC=C(C=CC1=C(O)c3cc(OC)ccc3S1(=O)=O)c1ccccc1)S2(=O)=O. The molecule has 8 nitrogen and oxygen atoms in total. The molecule has 10 heteroatoms. The van der Waals surface area contributed by atoms with E-state index in [1.165, 1.54) is 74.9 Å². The molecule has 2 heterocycles. The van der Waals surface area contributed by atoms with Crippen LogP contribution in [0.1, 0.15) is 21.5 Å². The van der Waals surface area contributed by atoms with Gasteiger partial charge in [-0.1, -0.05) is 42.5 Å². The third kappa shape index (κ3) is 4.37. The number of aliphatic hydroxyl groups excluding tert-OH is 1. The Labute approximate surface area is 225 Å². The molecule has 0 saturated carbocycles. The zero-order valence-electron chi connectivity index (χ0n) is 20.8. The summed E-state index contributed by atoms with van der Waals surface area (Å²) in [5.41, 5.74) is 1.18. The summed E-state index contributed by atoms with van der Waals surface area (Å²) in [5.74, 6) is -0.353. The average molecular weight is 563 g/mol. The third-order valence-electron chi connectivity index (χ3n) is 6.42. The number of methoxy groups -OCH3 is 2. The molecule has 0 fully saturated rings. The maximum absolute atomic E-state index is 13.1. The van der Waals surface area contributed by atoms with Crippen molar-refractivity contribution in [2.75, 3.05) is 14.2 Å². The van der Waals surface area contributed by atoms with E-state index in [2.05, 4.69) is 0 Å². The van der Waals surface area contributed by atoms with Gasteiger partial charge in [-0.05, 0) is 59.7 Å². The van der Waals surface area contributed by atoms with Crippen molar-refractivity contribution in [1.82, 2.24) is 0 Å². The van der Waals surface area contributed by atoms with Gasteiger partial charge in [-0.2, -0.15) is 0 Å². The number of carbonyl (C=O) groups is 1. The molecule has 0 aromatic heterocycles. The van der Waals surface area contributed by atoms with Crippen LogP contribution < -0.4 is 9.47 Å². The van der Waals surface area contributed by atoms with E-state index in [9.17, 15) is 26.7 Å². The Kier molecular flexibility index (Phi) is 6.53. The number of rotatable bonds is 6. The Balaban J connectivity index is 1.60. The molecular formula is C29H22O8S2. The molecule has 3 aromatic carbocycles. The summed E-state index contributed by atoms with van der Waals surface area (Å²) >= 11 is 0. The second-order valence-electron chi connectivity index (χ2n) is 8.63. The van der Waals surface area contributed by atoms with E-state index in [4.69, 9.17) is 9.47 Å². The highest BCUT2D eigenvalue weighted by Gasteiger charge is 2.39. The standard InChI is InChI=1S/C29H22O8S2/c1-36-20-10-14-24-22(16-20)28(30)26(38(24,32)33)12-8-19(18-6-4-3-5-7-18)9-13-27-29(31)23-17-21(37-2)11-15-25(23)39(27,34)35/h3-17,30H,1-2H3. The summed E-state index contributed by atoms with van der Waals surface area (Å²) in [6.07, 6.45) is 5.32. The smallest absolute Gasteiger partial charge is 0.211 e. The second kappa shape index (κ2) is 9.72. The van der Waals surface area contributed by atoms with Gasteiger partial charge in [-0.3, -0.25) is 4.79 Å². The van der Waals surface area contributed by atoms with E-state index >= 15 is 0 Å². The van der Waals surface area contributed by atoms with Gasteiger partial charge in [-0.15, -0.1) is 0 Å². The van der Waals surface area contributed by atoms with Crippen LogP contribution in [0.25, 0.3) is 11.3 Å². The van der Waals surface area contributed by atoms with E-state index in [1.807, 2.05) is 0 Å². The lowest BCUT2D eigenvalue weighted by Crippen LogP contribution is -2.01. The van der Waals surface area contributed by atoms with Gasteiger partial charge >= 0.3 is 0 Å². The van der Waals surface area contributed by atoms with E-state index in [0.717, 1.165) is 0 Å². The maximum atomic E-state index is 13.1. The predicted molar refractivity (Wildman–Crippen MR) is 146 cm³/mol. The summed E-state index contributed by atoms with van der Waals surface area (Å²) in [5, 5.41) is 10.8. The first-order valence-electron chi connectivity index (χ1n) is 11.6. The van der Waals surface area contributed by atoms with Crippen LogP contribution in [-0.4, -0.2) is 41.9 Å². The lowest BCUT2D eigenvalue weighted by molar-refractivity contribution is 0.104. The minimum absolute atomic E-state index is 0.0196. The van der Waals surface area contributed by atoms with Gasteiger partial charge in [0.15, 0.2) is 0 Å². The molecular weight excluding hydrogens is 540 g/mol. The number of ketones is 1. The molecule has 2 aliphatic heterocycles. The van der Waals surface area contributed by atoms with Crippen LogP contribution >= 0.6 is 0 Å². The van der Waals surface area contributed by atoms with Gasteiger partial charge in [0.05, 0.1) is 24.0 Å². The fraction of sp³-hybridized carbons (Fsp3) is 0.0690. The highest BCUT2D eigenvalue weighted by atomic mass is 32.2. The summed E-state index contributed by atoms with van der Waals surface area (Å²) in [4.78, 5) is 12.1. The number of sulfone groups is 2. The van der Waals surface area contributed by atoms with Crippen LogP contribution in [0.5, 0.6) is 11.5 Å². The molecule has 5 rings (SSSR count). The molecule has 0 aliphatic carbocycles. The molecule has 0 saturated heterocycles. The van der Waals surface area contributed by atoms with Crippen LogP contribution in [0, 0.1) is 0 Å². The van der Waals surface area contributed by atoms with Crippen LogP contribution in [0.4, 0.5) is 0 Å².